The van der Waals surface area contributed by atoms with Crippen LogP contribution in [0, 0.1) is 0 Å². The number of carbonyl (C=O) groups excluding carboxylic acids is 2. The molecule has 3 saturated heterocycles. The molecule has 0 aliphatic carbocycles. The van der Waals surface area contributed by atoms with Gasteiger partial charge >= 0.3 is 6.03 Å². The van der Waals surface area contributed by atoms with E-state index in [9.17, 15) is 9.59 Å². The SMILES string of the molecule is CON1C(=O)N2C[C@H]1CC[C@H]2C(=O)NOC1CCNCC1. The van der Waals surface area contributed by atoms with E-state index in [2.05, 4.69) is 10.8 Å². The summed E-state index contributed by atoms with van der Waals surface area (Å²) in [6, 6.07) is -0.644. The Balaban J connectivity index is 1.54. The summed E-state index contributed by atoms with van der Waals surface area (Å²) < 4.78 is 0. The van der Waals surface area contributed by atoms with E-state index in [-0.39, 0.29) is 24.1 Å². The van der Waals surface area contributed by atoms with Crippen molar-refractivity contribution in [2.75, 3.05) is 26.7 Å². The van der Waals surface area contributed by atoms with Crippen molar-refractivity contribution in [3.8, 4) is 0 Å². The van der Waals surface area contributed by atoms with Crippen molar-refractivity contribution in [3.05, 3.63) is 0 Å². The molecule has 3 aliphatic rings. The van der Waals surface area contributed by atoms with E-state index >= 15 is 0 Å². The molecule has 0 aromatic heterocycles. The summed E-state index contributed by atoms with van der Waals surface area (Å²) in [5, 5.41) is 4.60. The van der Waals surface area contributed by atoms with Gasteiger partial charge in [0.15, 0.2) is 0 Å². The molecule has 2 bridgehead atoms. The predicted molar refractivity (Wildman–Crippen MR) is 72.9 cm³/mol. The van der Waals surface area contributed by atoms with Crippen molar-refractivity contribution in [3.63, 3.8) is 0 Å². The molecular weight excluding hydrogens is 276 g/mol. The van der Waals surface area contributed by atoms with Crippen LogP contribution in [0.1, 0.15) is 25.7 Å². The summed E-state index contributed by atoms with van der Waals surface area (Å²) in [4.78, 5) is 36.5. The first kappa shape index (κ1) is 14.6. The average molecular weight is 298 g/mol. The second-order valence-electron chi connectivity index (χ2n) is 5.72. The lowest BCUT2D eigenvalue weighted by Gasteiger charge is -2.30. The highest BCUT2D eigenvalue weighted by atomic mass is 16.7. The molecule has 0 saturated carbocycles. The van der Waals surface area contributed by atoms with E-state index in [0.29, 0.717) is 13.0 Å². The molecule has 8 heteroatoms. The van der Waals surface area contributed by atoms with Crippen LogP contribution in [0.3, 0.4) is 0 Å². The molecule has 21 heavy (non-hydrogen) atoms. The van der Waals surface area contributed by atoms with Gasteiger partial charge in [0.1, 0.15) is 6.04 Å². The fraction of sp³-hybridized carbons (Fsp3) is 0.846. The molecule has 0 unspecified atom stereocenters. The summed E-state index contributed by atoms with van der Waals surface area (Å²) in [6.07, 6.45) is 3.22. The monoisotopic (exact) mass is 298 g/mol. The number of carbonyl (C=O) groups is 2. The first-order valence-corrected chi connectivity index (χ1v) is 7.51. The number of nitrogens with zero attached hydrogens (tertiary/aromatic N) is 2. The molecule has 3 fully saturated rings. The maximum atomic E-state index is 12.3. The van der Waals surface area contributed by atoms with E-state index in [1.54, 1.807) is 4.90 Å². The van der Waals surface area contributed by atoms with E-state index in [4.69, 9.17) is 9.68 Å². The summed E-state index contributed by atoms with van der Waals surface area (Å²) >= 11 is 0. The maximum absolute atomic E-state index is 12.3. The number of urea groups is 1. The van der Waals surface area contributed by atoms with Gasteiger partial charge in [0.25, 0.3) is 5.91 Å². The number of fused-ring (bicyclic) bond motifs is 2. The van der Waals surface area contributed by atoms with Gasteiger partial charge < -0.3 is 10.2 Å². The largest absolute Gasteiger partial charge is 0.345 e. The van der Waals surface area contributed by atoms with Crippen molar-refractivity contribution < 1.29 is 19.3 Å². The molecule has 0 aromatic rings. The zero-order chi connectivity index (χ0) is 14.8. The van der Waals surface area contributed by atoms with Crippen LogP contribution in [0.25, 0.3) is 0 Å². The van der Waals surface area contributed by atoms with Gasteiger partial charge in [0.05, 0.1) is 19.3 Å². The molecule has 118 valence electrons. The van der Waals surface area contributed by atoms with Crippen molar-refractivity contribution in [2.24, 2.45) is 0 Å². The number of piperidine rings is 2. The average Bonchev–Trinajstić information content (AvgIpc) is 2.77. The lowest BCUT2D eigenvalue weighted by Crippen LogP contribution is -2.50. The number of hydrogen-bond acceptors (Lipinski definition) is 5. The summed E-state index contributed by atoms with van der Waals surface area (Å²) in [5.41, 5.74) is 2.54. The molecule has 8 nitrogen and oxygen atoms in total. The quantitative estimate of drug-likeness (QED) is 0.691. The minimum Gasteiger partial charge on any atom is -0.317 e. The van der Waals surface area contributed by atoms with E-state index in [1.807, 2.05) is 0 Å². The third kappa shape index (κ3) is 2.83. The van der Waals surface area contributed by atoms with Gasteiger partial charge in [-0.05, 0) is 38.8 Å². The number of hydroxylamine groups is 3. The Labute approximate surface area is 123 Å². The lowest BCUT2D eigenvalue weighted by molar-refractivity contribution is -0.145. The number of rotatable bonds is 4. The molecule has 0 spiro atoms. The van der Waals surface area contributed by atoms with Gasteiger partial charge in [-0.1, -0.05) is 0 Å². The third-order valence-corrected chi connectivity index (χ3v) is 4.43. The molecule has 2 atom stereocenters. The van der Waals surface area contributed by atoms with Crippen LogP contribution in [0.5, 0.6) is 0 Å². The second kappa shape index (κ2) is 6.17. The van der Waals surface area contributed by atoms with E-state index in [1.165, 1.54) is 12.2 Å². The zero-order valence-electron chi connectivity index (χ0n) is 12.2. The summed E-state index contributed by atoms with van der Waals surface area (Å²) in [7, 11) is 1.48. The lowest BCUT2D eigenvalue weighted by atomic mass is 10.0. The minimum atomic E-state index is -0.462. The van der Waals surface area contributed by atoms with Gasteiger partial charge in [-0.25, -0.2) is 10.3 Å². The highest BCUT2D eigenvalue weighted by Crippen LogP contribution is 2.29. The van der Waals surface area contributed by atoms with Gasteiger partial charge in [-0.3, -0.25) is 14.5 Å². The molecule has 3 heterocycles. The molecular formula is C13H22N4O4. The summed E-state index contributed by atoms with van der Waals surface area (Å²) in [5.74, 6) is -0.238. The second-order valence-corrected chi connectivity index (χ2v) is 5.72. The van der Waals surface area contributed by atoms with Crippen molar-refractivity contribution in [1.29, 1.82) is 0 Å². The van der Waals surface area contributed by atoms with Crippen LogP contribution in [0.2, 0.25) is 0 Å². The number of amides is 3. The predicted octanol–water partition coefficient (Wildman–Crippen LogP) is -0.384. The topological polar surface area (TPSA) is 83.1 Å². The third-order valence-electron chi connectivity index (χ3n) is 4.43. The van der Waals surface area contributed by atoms with Gasteiger partial charge in [0.2, 0.25) is 0 Å². The van der Waals surface area contributed by atoms with Crippen LogP contribution in [0.15, 0.2) is 0 Å². The Kier molecular flexibility index (Phi) is 4.27. The Morgan fingerprint density at radius 1 is 1.29 bits per heavy atom. The van der Waals surface area contributed by atoms with Crippen molar-refractivity contribution in [1.82, 2.24) is 20.8 Å². The van der Waals surface area contributed by atoms with Crippen LogP contribution >= 0.6 is 0 Å². The number of nitrogens with one attached hydrogen (secondary N) is 2. The van der Waals surface area contributed by atoms with Gasteiger partial charge in [-0.2, -0.15) is 5.06 Å². The molecule has 3 aliphatic heterocycles. The fourth-order valence-corrected chi connectivity index (χ4v) is 3.26. The molecule has 3 amide bonds. The van der Waals surface area contributed by atoms with E-state index in [0.717, 1.165) is 32.4 Å². The van der Waals surface area contributed by atoms with E-state index < -0.39 is 6.04 Å². The van der Waals surface area contributed by atoms with Crippen molar-refractivity contribution >= 4 is 11.9 Å². The zero-order valence-corrected chi connectivity index (χ0v) is 12.2. The van der Waals surface area contributed by atoms with Crippen LogP contribution in [0.4, 0.5) is 4.79 Å². The summed E-state index contributed by atoms with van der Waals surface area (Å²) in [6.45, 7) is 2.34. The standard InChI is InChI=1S/C13H22N4O4/c1-20-17-9-2-3-11(16(8-9)13(17)19)12(18)15-21-10-4-6-14-7-5-10/h9-11,14H,2-8H2,1H3,(H,15,18)/t9-,11+/m1/s1. The Bertz CT molecular complexity index is 413. The molecule has 0 radical (unpaired) electrons. The smallest absolute Gasteiger partial charge is 0.317 e. The Hall–Kier alpha value is -1.38. The normalized spacial score (nSPS) is 29.9. The first-order valence-electron chi connectivity index (χ1n) is 7.51. The minimum absolute atomic E-state index is 0.0521. The molecule has 3 rings (SSSR count). The van der Waals surface area contributed by atoms with Crippen molar-refractivity contribution in [2.45, 2.75) is 43.9 Å². The van der Waals surface area contributed by atoms with Crippen LogP contribution in [-0.4, -0.2) is 66.8 Å². The first-order chi connectivity index (χ1) is 10.2. The highest BCUT2D eigenvalue weighted by molar-refractivity contribution is 5.87. The highest BCUT2D eigenvalue weighted by Gasteiger charge is 2.47. The molecule has 0 aromatic carbocycles. The van der Waals surface area contributed by atoms with Crippen LogP contribution < -0.4 is 10.8 Å². The van der Waals surface area contributed by atoms with Gasteiger partial charge in [-0.15, -0.1) is 0 Å². The Morgan fingerprint density at radius 3 is 2.76 bits per heavy atom. The Morgan fingerprint density at radius 2 is 2.05 bits per heavy atom. The van der Waals surface area contributed by atoms with Gasteiger partial charge in [0, 0.05) is 6.54 Å². The van der Waals surface area contributed by atoms with Crippen LogP contribution in [-0.2, 0) is 14.5 Å². The maximum Gasteiger partial charge on any atom is 0.345 e. The molecule has 2 N–H and O–H groups in total. The fourth-order valence-electron chi connectivity index (χ4n) is 3.26. The number of hydrogen-bond donors (Lipinski definition) is 2.